The third kappa shape index (κ3) is 3.45. The minimum atomic E-state index is -0.292. The third-order valence-corrected chi connectivity index (χ3v) is 2.79. The summed E-state index contributed by atoms with van der Waals surface area (Å²) in [7, 11) is 0. The van der Waals surface area contributed by atoms with Crippen molar-refractivity contribution in [1.29, 1.82) is 0 Å². The van der Waals surface area contributed by atoms with Crippen LogP contribution in [0, 0.1) is 13.8 Å². The number of furan rings is 1. The lowest BCUT2D eigenvalue weighted by atomic mass is 10.2. The largest absolute Gasteiger partial charge is 0.466 e. The number of hydrazone groups is 1. The number of rotatable bonds is 3. The Balaban J connectivity index is 2.00. The van der Waals surface area contributed by atoms with Crippen molar-refractivity contribution in [3.05, 3.63) is 58.0 Å². The molecule has 2 rings (SSSR count). The number of halogens is 1. The summed E-state index contributed by atoms with van der Waals surface area (Å²) >= 11 is 5.77. The highest BCUT2D eigenvalue weighted by molar-refractivity contribution is 6.30. The van der Waals surface area contributed by atoms with Crippen LogP contribution in [0.25, 0.3) is 0 Å². The molecule has 0 spiro atoms. The highest BCUT2D eigenvalue weighted by Crippen LogP contribution is 2.13. The lowest BCUT2D eigenvalue weighted by molar-refractivity contribution is 0.0953. The molecule has 5 heteroatoms. The van der Waals surface area contributed by atoms with Crippen LogP contribution in [-0.4, -0.2) is 12.1 Å². The molecule has 0 bridgehead atoms. The smallest absolute Gasteiger partial charge is 0.274 e. The summed E-state index contributed by atoms with van der Waals surface area (Å²) in [6.45, 7) is 3.53. The first kappa shape index (κ1) is 13.4. The molecule has 4 nitrogen and oxygen atoms in total. The normalized spacial score (nSPS) is 10.9. The maximum Gasteiger partial charge on any atom is 0.274 e. The fourth-order valence-electron chi connectivity index (χ4n) is 1.63. The predicted octanol–water partition coefficient (Wildman–Crippen LogP) is 3.31. The van der Waals surface area contributed by atoms with Crippen LogP contribution < -0.4 is 5.43 Å². The van der Waals surface area contributed by atoms with E-state index >= 15 is 0 Å². The molecule has 0 saturated carbocycles. The summed E-state index contributed by atoms with van der Waals surface area (Å²) in [5.41, 5.74) is 3.80. The van der Waals surface area contributed by atoms with E-state index in [9.17, 15) is 4.79 Å². The van der Waals surface area contributed by atoms with Gasteiger partial charge in [-0.3, -0.25) is 4.79 Å². The maximum atomic E-state index is 11.8. The summed E-state index contributed by atoms with van der Waals surface area (Å²) < 4.78 is 5.29. The predicted molar refractivity (Wildman–Crippen MR) is 74.7 cm³/mol. The first-order chi connectivity index (χ1) is 9.06. The van der Waals surface area contributed by atoms with Crippen molar-refractivity contribution in [2.75, 3.05) is 0 Å². The SMILES string of the molecule is Cc1cc(C(=O)N/N=C\c2ccc(Cl)cc2)c(C)o1. The number of aryl methyl sites for hydroxylation is 2. The first-order valence-corrected chi connectivity index (χ1v) is 6.10. The Morgan fingerprint density at radius 2 is 2.00 bits per heavy atom. The average Bonchev–Trinajstić information content (AvgIpc) is 2.71. The van der Waals surface area contributed by atoms with Crippen molar-refractivity contribution in [2.45, 2.75) is 13.8 Å². The number of carbonyl (C=O) groups is 1. The zero-order valence-electron chi connectivity index (χ0n) is 10.6. The molecule has 0 saturated heterocycles. The Bertz CT molecular complexity index is 615. The number of nitrogens with zero attached hydrogens (tertiary/aromatic N) is 1. The van der Waals surface area contributed by atoms with Gasteiger partial charge in [-0.2, -0.15) is 5.10 Å². The molecule has 0 aliphatic heterocycles. The van der Waals surface area contributed by atoms with E-state index < -0.39 is 0 Å². The van der Waals surface area contributed by atoms with Crippen molar-refractivity contribution < 1.29 is 9.21 Å². The van der Waals surface area contributed by atoms with E-state index in [-0.39, 0.29) is 5.91 Å². The summed E-state index contributed by atoms with van der Waals surface area (Å²) in [6.07, 6.45) is 1.55. The second-order valence-corrected chi connectivity index (χ2v) is 4.51. The standard InChI is InChI=1S/C14H13ClN2O2/c1-9-7-13(10(2)19-9)14(18)17-16-8-11-3-5-12(15)6-4-11/h3-8H,1-2H3,(H,17,18)/b16-8-. The van der Waals surface area contributed by atoms with Crippen LogP contribution in [0.5, 0.6) is 0 Å². The Hall–Kier alpha value is -2.07. The number of benzene rings is 1. The Morgan fingerprint density at radius 1 is 1.32 bits per heavy atom. The number of nitrogens with one attached hydrogen (secondary N) is 1. The van der Waals surface area contributed by atoms with E-state index in [0.717, 1.165) is 5.56 Å². The van der Waals surface area contributed by atoms with Gasteiger partial charge in [0.1, 0.15) is 11.5 Å². The number of amides is 1. The van der Waals surface area contributed by atoms with Crippen LogP contribution in [0.2, 0.25) is 5.02 Å². The molecule has 1 N–H and O–H groups in total. The molecular formula is C14H13ClN2O2. The Morgan fingerprint density at radius 3 is 2.58 bits per heavy atom. The van der Waals surface area contributed by atoms with Crippen LogP contribution in [-0.2, 0) is 0 Å². The van der Waals surface area contributed by atoms with Gasteiger partial charge in [0.15, 0.2) is 0 Å². The summed E-state index contributed by atoms with van der Waals surface area (Å²) in [4.78, 5) is 11.8. The third-order valence-electron chi connectivity index (χ3n) is 2.54. The first-order valence-electron chi connectivity index (χ1n) is 5.72. The van der Waals surface area contributed by atoms with Gasteiger partial charge in [-0.25, -0.2) is 5.43 Å². The Labute approximate surface area is 116 Å². The molecule has 98 valence electrons. The molecule has 0 atom stereocenters. The fourth-order valence-corrected chi connectivity index (χ4v) is 1.76. The molecule has 0 aliphatic carbocycles. The van der Waals surface area contributed by atoms with Gasteiger partial charge in [0.2, 0.25) is 0 Å². The van der Waals surface area contributed by atoms with E-state index in [1.165, 1.54) is 0 Å². The van der Waals surface area contributed by atoms with E-state index in [2.05, 4.69) is 10.5 Å². The topological polar surface area (TPSA) is 54.6 Å². The summed E-state index contributed by atoms with van der Waals surface area (Å²) in [6, 6.07) is 8.82. The zero-order valence-corrected chi connectivity index (χ0v) is 11.4. The zero-order chi connectivity index (χ0) is 13.8. The molecule has 1 aromatic heterocycles. The van der Waals surface area contributed by atoms with Gasteiger partial charge < -0.3 is 4.42 Å². The molecular weight excluding hydrogens is 264 g/mol. The van der Waals surface area contributed by atoms with Crippen LogP contribution in [0.15, 0.2) is 39.9 Å². The van der Waals surface area contributed by atoms with E-state index in [0.29, 0.717) is 22.1 Å². The second-order valence-electron chi connectivity index (χ2n) is 4.08. The molecule has 2 aromatic rings. The molecule has 1 heterocycles. The molecule has 19 heavy (non-hydrogen) atoms. The van der Waals surface area contributed by atoms with E-state index in [1.807, 2.05) is 12.1 Å². The molecule has 1 amide bonds. The summed E-state index contributed by atoms with van der Waals surface area (Å²) in [5, 5.41) is 4.55. The minimum absolute atomic E-state index is 0.292. The van der Waals surface area contributed by atoms with Gasteiger partial charge >= 0.3 is 0 Å². The Kier molecular flexibility index (Phi) is 4.02. The fraction of sp³-hybridized carbons (Fsp3) is 0.143. The van der Waals surface area contributed by atoms with Gasteiger partial charge in [0.25, 0.3) is 5.91 Å². The highest BCUT2D eigenvalue weighted by Gasteiger charge is 2.12. The quantitative estimate of drug-likeness (QED) is 0.691. The van der Waals surface area contributed by atoms with Crippen LogP contribution in [0.4, 0.5) is 0 Å². The van der Waals surface area contributed by atoms with Gasteiger partial charge in [-0.1, -0.05) is 23.7 Å². The average molecular weight is 277 g/mol. The molecule has 0 radical (unpaired) electrons. The number of hydrogen-bond acceptors (Lipinski definition) is 3. The minimum Gasteiger partial charge on any atom is -0.466 e. The maximum absolute atomic E-state index is 11.8. The van der Waals surface area contributed by atoms with Gasteiger partial charge in [-0.15, -0.1) is 0 Å². The highest BCUT2D eigenvalue weighted by atomic mass is 35.5. The van der Waals surface area contributed by atoms with Gasteiger partial charge in [-0.05, 0) is 37.6 Å². The van der Waals surface area contributed by atoms with Crippen LogP contribution in [0.3, 0.4) is 0 Å². The van der Waals surface area contributed by atoms with E-state index in [1.54, 1.807) is 38.3 Å². The summed E-state index contributed by atoms with van der Waals surface area (Å²) in [5.74, 6) is 0.987. The van der Waals surface area contributed by atoms with Crippen molar-refractivity contribution in [1.82, 2.24) is 5.43 Å². The van der Waals surface area contributed by atoms with Gasteiger partial charge in [0.05, 0.1) is 11.8 Å². The van der Waals surface area contributed by atoms with Crippen molar-refractivity contribution in [3.8, 4) is 0 Å². The monoisotopic (exact) mass is 276 g/mol. The molecule has 0 aliphatic rings. The number of hydrogen-bond donors (Lipinski definition) is 1. The molecule has 0 unspecified atom stereocenters. The van der Waals surface area contributed by atoms with Gasteiger partial charge in [0, 0.05) is 5.02 Å². The van der Waals surface area contributed by atoms with E-state index in [4.69, 9.17) is 16.0 Å². The molecule has 0 fully saturated rings. The second kappa shape index (κ2) is 5.71. The lowest BCUT2D eigenvalue weighted by Gasteiger charge is -1.97. The number of carbonyl (C=O) groups excluding carboxylic acids is 1. The lowest BCUT2D eigenvalue weighted by Crippen LogP contribution is -2.17. The van der Waals surface area contributed by atoms with Crippen LogP contribution in [0.1, 0.15) is 27.4 Å². The van der Waals surface area contributed by atoms with Crippen molar-refractivity contribution in [3.63, 3.8) is 0 Å². The molecule has 1 aromatic carbocycles. The van der Waals surface area contributed by atoms with Crippen LogP contribution >= 0.6 is 11.6 Å². The van der Waals surface area contributed by atoms with Crippen molar-refractivity contribution >= 4 is 23.7 Å². The van der Waals surface area contributed by atoms with Crippen molar-refractivity contribution in [2.24, 2.45) is 5.10 Å².